The van der Waals surface area contributed by atoms with Crippen LogP contribution in [-0.4, -0.2) is 8.07 Å². The summed E-state index contributed by atoms with van der Waals surface area (Å²) in [5.41, 5.74) is 4.89. The van der Waals surface area contributed by atoms with E-state index < -0.39 is 8.07 Å². The van der Waals surface area contributed by atoms with Crippen LogP contribution in [0.1, 0.15) is 53.4 Å². The molecule has 0 bridgehead atoms. The predicted molar refractivity (Wildman–Crippen MR) is 83.4 cm³/mol. The van der Waals surface area contributed by atoms with Crippen LogP contribution < -0.4 is 0 Å². The molecule has 0 aliphatic heterocycles. The molecule has 0 amide bonds. The minimum Gasteiger partial charge on any atom is -0.0689 e. The smallest absolute Gasteiger partial charge is 0.0536 e. The quantitative estimate of drug-likeness (QED) is 0.556. The van der Waals surface area contributed by atoms with E-state index in [2.05, 4.69) is 46.9 Å². The number of hydrogen-bond acceptors (Lipinski definition) is 0. The van der Waals surface area contributed by atoms with Gasteiger partial charge in [-0.25, -0.2) is 0 Å². The van der Waals surface area contributed by atoms with Crippen LogP contribution in [0.4, 0.5) is 0 Å². The molecule has 0 fully saturated rings. The monoisotopic (exact) mass is 261 g/mol. The van der Waals surface area contributed by atoms with Crippen molar-refractivity contribution in [2.75, 3.05) is 0 Å². The van der Waals surface area contributed by atoms with Crippen molar-refractivity contribution < 1.29 is 0 Å². The summed E-state index contributed by atoms with van der Waals surface area (Å²) in [5, 5.41) is 0.505. The molecular weight excluding hydrogens is 232 g/mol. The van der Waals surface area contributed by atoms with E-state index >= 15 is 0 Å². The number of hydrogen-bond donors (Lipinski definition) is 0. The maximum atomic E-state index is 3.70. The van der Waals surface area contributed by atoms with E-state index in [0.29, 0.717) is 5.04 Å². The zero-order valence-corrected chi connectivity index (χ0v) is 14.1. The minimum absolute atomic E-state index is 0.505. The molecule has 18 heavy (non-hydrogen) atoms. The molecule has 0 heterocycles. The first-order chi connectivity index (χ1) is 8.22. The highest BCUT2D eigenvalue weighted by atomic mass is 28.3. The van der Waals surface area contributed by atoms with Gasteiger partial charge in [0.2, 0.25) is 0 Å². The van der Waals surface area contributed by atoms with Gasteiger partial charge in [-0.3, -0.25) is 0 Å². The third-order valence-electron chi connectivity index (χ3n) is 5.55. The van der Waals surface area contributed by atoms with Crippen molar-refractivity contribution in [3.8, 4) is 0 Å². The summed E-state index contributed by atoms with van der Waals surface area (Å²) in [7, 11) is -1.18. The van der Waals surface area contributed by atoms with E-state index in [4.69, 9.17) is 0 Å². The second-order valence-electron chi connectivity index (χ2n) is 7.91. The maximum absolute atomic E-state index is 3.70. The van der Waals surface area contributed by atoms with Crippen LogP contribution in [-0.2, 0) is 0 Å². The van der Waals surface area contributed by atoms with Crippen LogP contribution in [0.5, 0.6) is 0 Å². The molecule has 1 radical (unpaired) electrons. The molecule has 0 aromatic carbocycles. The molecule has 0 saturated carbocycles. The van der Waals surface area contributed by atoms with Gasteiger partial charge in [-0.15, -0.1) is 0 Å². The lowest BCUT2D eigenvalue weighted by Gasteiger charge is -2.40. The Bertz CT molecular complexity index is 390. The maximum Gasteiger partial charge on any atom is 0.0536 e. The van der Waals surface area contributed by atoms with E-state index in [1.165, 1.54) is 37.3 Å². The second-order valence-corrected chi connectivity index (χ2v) is 13.6. The second kappa shape index (κ2) is 4.66. The van der Waals surface area contributed by atoms with E-state index in [1.54, 1.807) is 11.1 Å². The van der Waals surface area contributed by atoms with Gasteiger partial charge in [-0.05, 0) is 61.3 Å². The normalized spacial score (nSPS) is 25.2. The summed E-state index contributed by atoms with van der Waals surface area (Å²) >= 11 is 0. The molecule has 0 aromatic rings. The van der Waals surface area contributed by atoms with Crippen molar-refractivity contribution in [2.45, 2.75) is 77.6 Å². The molecule has 101 valence electrons. The average molecular weight is 262 g/mol. The Balaban J connectivity index is 2.20. The lowest BCUT2D eigenvalue weighted by atomic mass is 9.88. The Morgan fingerprint density at radius 3 is 2.39 bits per heavy atom. The Morgan fingerprint density at radius 1 is 1.17 bits per heavy atom. The van der Waals surface area contributed by atoms with Crippen molar-refractivity contribution in [3.63, 3.8) is 0 Å². The minimum atomic E-state index is -1.18. The van der Waals surface area contributed by atoms with Crippen molar-refractivity contribution in [1.82, 2.24) is 0 Å². The van der Waals surface area contributed by atoms with Crippen LogP contribution >= 0.6 is 0 Å². The zero-order valence-electron chi connectivity index (χ0n) is 13.1. The molecule has 0 spiro atoms. The lowest BCUT2D eigenvalue weighted by molar-refractivity contribution is 0.621. The molecule has 1 unspecified atom stereocenters. The van der Waals surface area contributed by atoms with E-state index in [-0.39, 0.29) is 0 Å². The highest BCUT2D eigenvalue weighted by Crippen LogP contribution is 2.48. The third kappa shape index (κ3) is 2.52. The molecule has 2 rings (SSSR count). The van der Waals surface area contributed by atoms with Gasteiger partial charge in [0.25, 0.3) is 0 Å². The van der Waals surface area contributed by atoms with Gasteiger partial charge in [0.1, 0.15) is 0 Å². The van der Waals surface area contributed by atoms with Crippen molar-refractivity contribution in [1.29, 1.82) is 0 Å². The van der Waals surface area contributed by atoms with E-state index in [1.807, 2.05) is 0 Å². The molecule has 0 aromatic heterocycles. The molecule has 1 heteroatoms. The van der Waals surface area contributed by atoms with Crippen LogP contribution in [0.15, 0.2) is 16.7 Å². The fraction of sp³-hybridized carbons (Fsp3) is 0.765. The highest BCUT2D eigenvalue weighted by molar-refractivity contribution is 6.80. The highest BCUT2D eigenvalue weighted by Gasteiger charge is 2.39. The molecular formula is C17H29Si. The topological polar surface area (TPSA) is 0 Å². The molecule has 0 saturated heterocycles. The van der Waals surface area contributed by atoms with E-state index in [9.17, 15) is 0 Å². The predicted octanol–water partition coefficient (Wildman–Crippen LogP) is 5.74. The van der Waals surface area contributed by atoms with Crippen molar-refractivity contribution in [2.24, 2.45) is 5.92 Å². The summed E-state index contributed by atoms with van der Waals surface area (Å²) in [4.78, 5) is 0. The number of allylic oxidation sites excluding steroid dienone is 4. The van der Waals surface area contributed by atoms with E-state index in [0.717, 1.165) is 5.92 Å². The Hall–Kier alpha value is -0.303. The van der Waals surface area contributed by atoms with Crippen LogP contribution in [0, 0.1) is 12.0 Å². The summed E-state index contributed by atoms with van der Waals surface area (Å²) in [6, 6.07) is 1.42. The molecule has 0 nitrogen and oxygen atoms in total. The summed E-state index contributed by atoms with van der Waals surface area (Å²) in [5.74, 6) is 0.751. The van der Waals surface area contributed by atoms with Crippen molar-refractivity contribution in [3.05, 3.63) is 22.8 Å². The first kappa shape index (κ1) is 14.1. The fourth-order valence-corrected chi connectivity index (χ4v) is 5.32. The fourth-order valence-electron chi connectivity index (χ4n) is 3.14. The average Bonchev–Trinajstić information content (AvgIpc) is 2.54. The Kier molecular flexibility index (Phi) is 3.66. The van der Waals surface area contributed by atoms with Gasteiger partial charge in [-0.1, -0.05) is 45.0 Å². The van der Waals surface area contributed by atoms with Gasteiger partial charge < -0.3 is 0 Å². The van der Waals surface area contributed by atoms with Crippen molar-refractivity contribution >= 4 is 8.07 Å². The largest absolute Gasteiger partial charge is 0.0689 e. The van der Waals surface area contributed by atoms with Gasteiger partial charge in [0.05, 0.1) is 8.07 Å². The molecule has 2 aliphatic carbocycles. The Labute approximate surface area is 115 Å². The standard InChI is InChI=1S/C17H29Si/c1-13-11-14-9-7-8-10-15(14)16(13)12-18(5,6)17(2,3)4/h16H,7-10,12H2,1-6H3. The van der Waals surface area contributed by atoms with Gasteiger partial charge >= 0.3 is 0 Å². The first-order valence-corrected chi connectivity index (χ1v) is 10.8. The lowest BCUT2D eigenvalue weighted by Crippen LogP contribution is -2.39. The first-order valence-electron chi connectivity index (χ1n) is 7.55. The SMILES string of the molecule is CC1=[C]C2=C(CCCC2)C1C[Si](C)(C)C(C)(C)C. The zero-order chi connectivity index (χ0) is 13.6. The van der Waals surface area contributed by atoms with Gasteiger partial charge in [-0.2, -0.15) is 0 Å². The number of rotatable bonds is 2. The van der Waals surface area contributed by atoms with Gasteiger partial charge in [0, 0.05) is 0 Å². The molecule has 2 aliphatic rings. The van der Waals surface area contributed by atoms with Gasteiger partial charge in [0.15, 0.2) is 0 Å². The van der Waals surface area contributed by atoms with Crippen LogP contribution in [0.2, 0.25) is 24.2 Å². The Morgan fingerprint density at radius 2 is 1.78 bits per heavy atom. The summed E-state index contributed by atoms with van der Waals surface area (Å²) in [6.07, 6.45) is 9.12. The van der Waals surface area contributed by atoms with Crippen LogP contribution in [0.25, 0.3) is 0 Å². The summed E-state index contributed by atoms with van der Waals surface area (Å²) < 4.78 is 0. The third-order valence-corrected chi connectivity index (χ3v) is 11.0. The molecule has 1 atom stereocenters. The summed E-state index contributed by atoms with van der Waals surface area (Å²) in [6.45, 7) is 14.8. The van der Waals surface area contributed by atoms with Crippen LogP contribution in [0.3, 0.4) is 0 Å². The molecule has 0 N–H and O–H groups in total.